The van der Waals surface area contributed by atoms with E-state index in [0.717, 1.165) is 38.5 Å². The smallest absolute Gasteiger partial charge is 0.0771 e. The van der Waals surface area contributed by atoms with Gasteiger partial charge in [-0.3, -0.25) is 0 Å². The SMILES string of the molecule is CCCC(C)(O)CNCC1(O)CCCC1. The lowest BCUT2D eigenvalue weighted by Gasteiger charge is -2.27. The number of rotatable bonds is 6. The number of hydrogen-bond donors (Lipinski definition) is 3. The molecular formula is C12H25NO2. The summed E-state index contributed by atoms with van der Waals surface area (Å²) in [5, 5.41) is 23.2. The third-order valence-electron chi connectivity index (χ3n) is 3.28. The van der Waals surface area contributed by atoms with Gasteiger partial charge in [0.25, 0.3) is 0 Å². The van der Waals surface area contributed by atoms with Crippen molar-refractivity contribution in [3.63, 3.8) is 0 Å². The van der Waals surface area contributed by atoms with Crippen LogP contribution >= 0.6 is 0 Å². The monoisotopic (exact) mass is 215 g/mol. The Balaban J connectivity index is 2.20. The fourth-order valence-corrected chi connectivity index (χ4v) is 2.40. The molecule has 0 aliphatic heterocycles. The molecule has 0 bridgehead atoms. The van der Waals surface area contributed by atoms with Gasteiger partial charge in [-0.15, -0.1) is 0 Å². The molecule has 0 amide bonds. The Kier molecular flexibility index (Phi) is 4.56. The van der Waals surface area contributed by atoms with Crippen molar-refractivity contribution >= 4 is 0 Å². The number of aliphatic hydroxyl groups is 2. The normalized spacial score (nSPS) is 24.0. The van der Waals surface area contributed by atoms with Gasteiger partial charge in [0, 0.05) is 13.1 Å². The lowest BCUT2D eigenvalue weighted by atomic mass is 9.99. The molecule has 1 unspecified atom stereocenters. The molecule has 0 spiro atoms. The summed E-state index contributed by atoms with van der Waals surface area (Å²) >= 11 is 0. The van der Waals surface area contributed by atoms with Gasteiger partial charge in [-0.25, -0.2) is 0 Å². The van der Waals surface area contributed by atoms with Crippen molar-refractivity contribution in [1.82, 2.24) is 5.32 Å². The van der Waals surface area contributed by atoms with E-state index in [9.17, 15) is 10.2 Å². The molecule has 1 rings (SSSR count). The van der Waals surface area contributed by atoms with E-state index in [1.807, 2.05) is 6.92 Å². The first-order valence-corrected chi connectivity index (χ1v) is 6.13. The molecule has 1 atom stereocenters. The van der Waals surface area contributed by atoms with E-state index >= 15 is 0 Å². The fraction of sp³-hybridized carbons (Fsp3) is 1.00. The average Bonchev–Trinajstić information content (AvgIpc) is 2.51. The summed E-state index contributed by atoms with van der Waals surface area (Å²) in [6.07, 6.45) is 5.84. The molecule has 1 saturated carbocycles. The molecular weight excluding hydrogens is 190 g/mol. The maximum atomic E-state index is 10.1. The zero-order valence-electron chi connectivity index (χ0n) is 10.1. The van der Waals surface area contributed by atoms with Gasteiger partial charge in [0.1, 0.15) is 0 Å². The minimum atomic E-state index is -0.635. The predicted molar refractivity (Wildman–Crippen MR) is 61.8 cm³/mol. The second-order valence-electron chi connectivity index (χ2n) is 5.28. The van der Waals surface area contributed by atoms with E-state index in [0.29, 0.717) is 13.1 Å². The van der Waals surface area contributed by atoms with Crippen LogP contribution in [0.5, 0.6) is 0 Å². The first-order chi connectivity index (χ1) is 6.97. The van der Waals surface area contributed by atoms with Crippen LogP contribution in [0.3, 0.4) is 0 Å². The van der Waals surface area contributed by atoms with Crippen molar-refractivity contribution in [3.8, 4) is 0 Å². The Morgan fingerprint density at radius 1 is 1.33 bits per heavy atom. The van der Waals surface area contributed by atoms with Crippen molar-refractivity contribution in [1.29, 1.82) is 0 Å². The van der Waals surface area contributed by atoms with E-state index in [-0.39, 0.29) is 0 Å². The largest absolute Gasteiger partial charge is 0.389 e. The summed E-state index contributed by atoms with van der Waals surface area (Å²) in [4.78, 5) is 0. The summed E-state index contributed by atoms with van der Waals surface area (Å²) in [6.45, 7) is 5.11. The van der Waals surface area contributed by atoms with E-state index < -0.39 is 11.2 Å². The van der Waals surface area contributed by atoms with Gasteiger partial charge in [-0.2, -0.15) is 0 Å². The third-order valence-corrected chi connectivity index (χ3v) is 3.28. The Labute approximate surface area is 92.9 Å². The highest BCUT2D eigenvalue weighted by Gasteiger charge is 2.31. The molecule has 0 aromatic heterocycles. The molecule has 0 aromatic rings. The number of nitrogens with one attached hydrogen (secondary N) is 1. The molecule has 3 heteroatoms. The van der Waals surface area contributed by atoms with E-state index in [1.165, 1.54) is 0 Å². The summed E-state index contributed by atoms with van der Waals surface area (Å²) in [6, 6.07) is 0. The molecule has 3 N–H and O–H groups in total. The standard InChI is InChI=1S/C12H25NO2/c1-3-6-11(2,14)9-13-10-12(15)7-4-5-8-12/h13-15H,3-10H2,1-2H3. The minimum Gasteiger partial charge on any atom is -0.389 e. The van der Waals surface area contributed by atoms with Crippen LogP contribution in [0.15, 0.2) is 0 Å². The van der Waals surface area contributed by atoms with Crippen LogP contribution < -0.4 is 5.32 Å². The highest BCUT2D eigenvalue weighted by Crippen LogP contribution is 2.28. The van der Waals surface area contributed by atoms with Gasteiger partial charge in [-0.1, -0.05) is 26.2 Å². The molecule has 1 fully saturated rings. The third kappa shape index (κ3) is 4.49. The first-order valence-electron chi connectivity index (χ1n) is 6.13. The van der Waals surface area contributed by atoms with Crippen LogP contribution in [0.1, 0.15) is 52.4 Å². The summed E-state index contributed by atoms with van der Waals surface area (Å²) in [7, 11) is 0. The van der Waals surface area contributed by atoms with Crippen molar-refractivity contribution in [3.05, 3.63) is 0 Å². The quantitative estimate of drug-likeness (QED) is 0.628. The highest BCUT2D eigenvalue weighted by molar-refractivity contribution is 4.87. The van der Waals surface area contributed by atoms with Crippen LogP contribution in [-0.4, -0.2) is 34.5 Å². The molecule has 1 aliphatic carbocycles. The van der Waals surface area contributed by atoms with Gasteiger partial charge in [0.15, 0.2) is 0 Å². The zero-order chi connectivity index (χ0) is 11.4. The molecule has 0 heterocycles. The lowest BCUT2D eigenvalue weighted by Crippen LogP contribution is -2.44. The van der Waals surface area contributed by atoms with Gasteiger partial charge >= 0.3 is 0 Å². The van der Waals surface area contributed by atoms with Crippen LogP contribution in [-0.2, 0) is 0 Å². The first kappa shape index (κ1) is 12.9. The Morgan fingerprint density at radius 2 is 1.93 bits per heavy atom. The van der Waals surface area contributed by atoms with E-state index in [2.05, 4.69) is 12.2 Å². The Morgan fingerprint density at radius 3 is 2.47 bits per heavy atom. The molecule has 3 nitrogen and oxygen atoms in total. The van der Waals surface area contributed by atoms with Crippen molar-refractivity contribution in [2.45, 2.75) is 63.6 Å². The predicted octanol–water partition coefficient (Wildman–Crippen LogP) is 1.43. The van der Waals surface area contributed by atoms with E-state index in [4.69, 9.17) is 0 Å². The van der Waals surface area contributed by atoms with Crippen LogP contribution in [0.2, 0.25) is 0 Å². The van der Waals surface area contributed by atoms with Gasteiger partial charge in [0.05, 0.1) is 11.2 Å². The molecule has 90 valence electrons. The molecule has 1 aliphatic rings. The van der Waals surface area contributed by atoms with Gasteiger partial charge in [0.2, 0.25) is 0 Å². The molecule has 0 saturated heterocycles. The van der Waals surface area contributed by atoms with E-state index in [1.54, 1.807) is 0 Å². The topological polar surface area (TPSA) is 52.5 Å². The highest BCUT2D eigenvalue weighted by atomic mass is 16.3. The lowest BCUT2D eigenvalue weighted by molar-refractivity contribution is 0.0234. The Bertz CT molecular complexity index is 186. The Hall–Kier alpha value is -0.120. The molecule has 15 heavy (non-hydrogen) atoms. The maximum Gasteiger partial charge on any atom is 0.0771 e. The summed E-state index contributed by atoms with van der Waals surface area (Å²) in [5.74, 6) is 0. The van der Waals surface area contributed by atoms with Crippen molar-refractivity contribution in [2.75, 3.05) is 13.1 Å². The van der Waals surface area contributed by atoms with Crippen molar-refractivity contribution in [2.24, 2.45) is 0 Å². The summed E-state index contributed by atoms with van der Waals surface area (Å²) in [5.41, 5.74) is -1.15. The van der Waals surface area contributed by atoms with Crippen LogP contribution in [0.4, 0.5) is 0 Å². The van der Waals surface area contributed by atoms with Crippen molar-refractivity contribution < 1.29 is 10.2 Å². The van der Waals surface area contributed by atoms with Gasteiger partial charge < -0.3 is 15.5 Å². The fourth-order valence-electron chi connectivity index (χ4n) is 2.40. The van der Waals surface area contributed by atoms with Gasteiger partial charge in [-0.05, 0) is 26.2 Å². The molecule has 0 radical (unpaired) electrons. The number of hydrogen-bond acceptors (Lipinski definition) is 3. The average molecular weight is 215 g/mol. The second-order valence-corrected chi connectivity index (χ2v) is 5.28. The summed E-state index contributed by atoms with van der Waals surface area (Å²) < 4.78 is 0. The molecule has 0 aromatic carbocycles. The van der Waals surface area contributed by atoms with Crippen LogP contribution in [0.25, 0.3) is 0 Å². The maximum absolute atomic E-state index is 10.1. The minimum absolute atomic E-state index is 0.512. The second kappa shape index (κ2) is 5.28. The zero-order valence-corrected chi connectivity index (χ0v) is 10.1. The van der Waals surface area contributed by atoms with Crippen LogP contribution in [0, 0.1) is 0 Å².